The predicted octanol–water partition coefficient (Wildman–Crippen LogP) is 18.4. The summed E-state index contributed by atoms with van der Waals surface area (Å²) in [5, 5.41) is 0. The van der Waals surface area contributed by atoms with E-state index in [1.54, 1.807) is 0 Å². The Labute approximate surface area is 417 Å². The molecule has 3 atom stereocenters. The van der Waals surface area contributed by atoms with Gasteiger partial charge in [-0.25, -0.2) is 0 Å². The SMILES string of the molecule is CC1(C)c2cc(N(c3ccc(C4CC5CCC4C5)cc3)c3cc4ccc3CCc3ccc(c(N(c5ccccc5)c5ccc(C6CCCCC6)cc5)c3)CC4)ccc2-c2c(-c3ccccc3)cccc21. The highest BCUT2D eigenvalue weighted by atomic mass is 15.2. The Balaban J connectivity index is 0.890. The van der Waals surface area contributed by atoms with E-state index in [1.165, 1.54) is 159 Å². The molecule has 0 amide bonds. The highest BCUT2D eigenvalue weighted by Crippen LogP contribution is 2.55. The molecule has 0 N–H and O–H groups in total. The molecule has 2 nitrogen and oxygen atoms in total. The van der Waals surface area contributed by atoms with Crippen LogP contribution in [0.15, 0.2) is 182 Å². The Morgan fingerprint density at radius 1 is 0.429 bits per heavy atom. The summed E-state index contributed by atoms with van der Waals surface area (Å²) < 4.78 is 0. The zero-order valence-electron chi connectivity index (χ0n) is 41.2. The molecule has 3 unspecified atom stereocenters. The summed E-state index contributed by atoms with van der Waals surface area (Å²) in [6, 6.07) is 70.7. The first-order valence-corrected chi connectivity index (χ1v) is 26.9. The van der Waals surface area contributed by atoms with Crippen LogP contribution in [0.2, 0.25) is 0 Å². The molecule has 348 valence electrons. The van der Waals surface area contributed by atoms with Crippen LogP contribution in [0.1, 0.15) is 128 Å². The third-order valence-electron chi connectivity index (χ3n) is 17.7. The Morgan fingerprint density at radius 3 is 1.66 bits per heavy atom. The number of benzene rings is 8. The average molecular weight is 911 g/mol. The van der Waals surface area contributed by atoms with E-state index in [-0.39, 0.29) is 5.41 Å². The van der Waals surface area contributed by atoms with E-state index in [9.17, 15) is 0 Å². The van der Waals surface area contributed by atoms with Crippen LogP contribution in [0.25, 0.3) is 22.3 Å². The fraction of sp³-hybridized carbons (Fsp3) is 0.294. The van der Waals surface area contributed by atoms with E-state index in [1.807, 2.05) is 0 Å². The number of nitrogens with zero attached hydrogens (tertiary/aromatic N) is 2. The van der Waals surface area contributed by atoms with Gasteiger partial charge < -0.3 is 9.80 Å². The number of hydrogen-bond donors (Lipinski definition) is 0. The summed E-state index contributed by atoms with van der Waals surface area (Å²) in [5.74, 6) is 3.18. The van der Waals surface area contributed by atoms with Crippen molar-refractivity contribution in [2.75, 3.05) is 9.80 Å². The number of anilines is 6. The van der Waals surface area contributed by atoms with Crippen molar-refractivity contribution in [1.29, 1.82) is 0 Å². The van der Waals surface area contributed by atoms with Gasteiger partial charge in [0, 0.05) is 39.5 Å². The summed E-state index contributed by atoms with van der Waals surface area (Å²) in [5.41, 5.74) is 24.1. The zero-order chi connectivity index (χ0) is 46.8. The second-order valence-corrected chi connectivity index (χ2v) is 22.2. The highest BCUT2D eigenvalue weighted by molar-refractivity contribution is 5.94. The molecule has 0 aliphatic heterocycles. The third kappa shape index (κ3) is 7.79. The van der Waals surface area contributed by atoms with Gasteiger partial charge in [0.15, 0.2) is 0 Å². The van der Waals surface area contributed by atoms with Gasteiger partial charge >= 0.3 is 0 Å². The molecular formula is C68H66N2. The molecule has 0 aromatic heterocycles. The van der Waals surface area contributed by atoms with Crippen LogP contribution in [0, 0.1) is 11.8 Å². The fourth-order valence-corrected chi connectivity index (χ4v) is 14.0. The van der Waals surface area contributed by atoms with Crippen molar-refractivity contribution in [2.45, 2.75) is 115 Å². The van der Waals surface area contributed by atoms with Crippen LogP contribution in [0.4, 0.5) is 34.1 Å². The molecule has 0 heterocycles. The molecule has 8 aromatic carbocycles. The zero-order valence-corrected chi connectivity index (χ0v) is 41.2. The Bertz CT molecular complexity index is 3180. The largest absolute Gasteiger partial charge is 0.310 e. The third-order valence-corrected chi connectivity index (χ3v) is 17.7. The summed E-state index contributed by atoms with van der Waals surface area (Å²) >= 11 is 0. The van der Waals surface area contributed by atoms with Gasteiger partial charge in [0.1, 0.15) is 0 Å². The lowest BCUT2D eigenvalue weighted by Gasteiger charge is -2.31. The molecular weight excluding hydrogens is 845 g/mol. The summed E-state index contributed by atoms with van der Waals surface area (Å²) in [6.45, 7) is 4.86. The molecule has 0 spiro atoms. The number of aryl methyl sites for hydroxylation is 4. The molecule has 0 radical (unpaired) electrons. The maximum atomic E-state index is 2.62. The van der Waals surface area contributed by atoms with E-state index in [4.69, 9.17) is 0 Å². The lowest BCUT2D eigenvalue weighted by Crippen LogP contribution is -2.18. The first-order chi connectivity index (χ1) is 34.4. The van der Waals surface area contributed by atoms with Crippen LogP contribution in [-0.4, -0.2) is 0 Å². The fourth-order valence-electron chi connectivity index (χ4n) is 14.0. The molecule has 8 aliphatic rings. The van der Waals surface area contributed by atoms with Crippen molar-refractivity contribution in [2.24, 2.45) is 11.8 Å². The number of para-hydroxylation sites is 1. The lowest BCUT2D eigenvalue weighted by atomic mass is 9.81. The Morgan fingerprint density at radius 2 is 1.03 bits per heavy atom. The maximum Gasteiger partial charge on any atom is 0.0496 e. The van der Waals surface area contributed by atoms with E-state index >= 15 is 0 Å². The predicted molar refractivity (Wildman–Crippen MR) is 294 cm³/mol. The first kappa shape index (κ1) is 43.4. The average Bonchev–Trinajstić information content (AvgIpc) is 4.11. The van der Waals surface area contributed by atoms with Crippen LogP contribution < -0.4 is 9.80 Å². The topological polar surface area (TPSA) is 6.48 Å². The second-order valence-electron chi connectivity index (χ2n) is 22.2. The highest BCUT2D eigenvalue weighted by Gasteiger charge is 2.41. The van der Waals surface area contributed by atoms with Gasteiger partial charge in [-0.2, -0.15) is 0 Å². The van der Waals surface area contributed by atoms with Crippen LogP contribution in [0.3, 0.4) is 0 Å². The van der Waals surface area contributed by atoms with Crippen molar-refractivity contribution < 1.29 is 0 Å². The standard InChI is InChI=1S/C68H66N2/c1-68(2)63-20-12-19-60(51-15-8-4-9-16-51)67(63)61-40-39-59(45-64(61)68)70(58-37-33-52(34-38-58)62-42-48-25-30-55(62)41-48)66-44-47-22-27-53-26-21-46(23-28-54(66)29-24-47)43-65(53)69(56-17-10-5-11-18-56)57-35-31-50(32-36-57)49-13-6-3-7-14-49/h4-5,8-12,15-21,24,26,29,31-40,43-45,48-49,55,62H,3,6-7,13-14,22-23,25,27-28,30,41-42H2,1-2H3. The second kappa shape index (κ2) is 18.0. The van der Waals surface area contributed by atoms with E-state index < -0.39 is 0 Å². The maximum absolute atomic E-state index is 2.62. The molecule has 3 fully saturated rings. The minimum Gasteiger partial charge on any atom is -0.310 e. The number of fused-ring (bicyclic) bond motifs is 5. The van der Waals surface area contributed by atoms with E-state index in [0.717, 1.165) is 37.5 Å². The monoisotopic (exact) mass is 911 g/mol. The van der Waals surface area contributed by atoms with Crippen LogP contribution >= 0.6 is 0 Å². The van der Waals surface area contributed by atoms with Crippen molar-refractivity contribution >= 4 is 34.1 Å². The van der Waals surface area contributed by atoms with Gasteiger partial charge in [0.25, 0.3) is 0 Å². The molecule has 0 saturated heterocycles. The first-order valence-electron chi connectivity index (χ1n) is 26.9. The molecule has 2 heteroatoms. The molecule has 6 bridgehead atoms. The molecule has 8 aliphatic carbocycles. The van der Waals surface area contributed by atoms with Gasteiger partial charge in [0.05, 0.1) is 0 Å². The van der Waals surface area contributed by atoms with Gasteiger partial charge in [-0.15, -0.1) is 0 Å². The minimum atomic E-state index is -0.154. The van der Waals surface area contributed by atoms with Gasteiger partial charge in [-0.05, 0) is 209 Å². The number of rotatable bonds is 9. The molecule has 3 saturated carbocycles. The summed E-state index contributed by atoms with van der Waals surface area (Å²) in [7, 11) is 0. The normalized spacial score (nSPS) is 19.9. The quantitative estimate of drug-likeness (QED) is 0.142. The lowest BCUT2D eigenvalue weighted by molar-refractivity contribution is 0.420. The van der Waals surface area contributed by atoms with Crippen molar-refractivity contribution in [3.05, 3.63) is 226 Å². The summed E-state index contributed by atoms with van der Waals surface area (Å²) in [4.78, 5) is 5.15. The number of hydrogen-bond acceptors (Lipinski definition) is 2. The molecule has 16 rings (SSSR count). The van der Waals surface area contributed by atoms with Gasteiger partial charge in [-0.3, -0.25) is 0 Å². The Kier molecular flexibility index (Phi) is 11.1. The van der Waals surface area contributed by atoms with Crippen molar-refractivity contribution in [3.8, 4) is 22.3 Å². The van der Waals surface area contributed by atoms with Gasteiger partial charge in [0.2, 0.25) is 0 Å². The van der Waals surface area contributed by atoms with Gasteiger partial charge in [-0.1, -0.05) is 161 Å². The summed E-state index contributed by atoms with van der Waals surface area (Å²) in [6.07, 6.45) is 16.1. The van der Waals surface area contributed by atoms with Crippen molar-refractivity contribution in [1.82, 2.24) is 0 Å². The van der Waals surface area contributed by atoms with E-state index in [2.05, 4.69) is 206 Å². The Hall–Kier alpha value is -6.64. The molecule has 8 aromatic rings. The van der Waals surface area contributed by atoms with E-state index in [0.29, 0.717) is 11.8 Å². The smallest absolute Gasteiger partial charge is 0.0496 e. The van der Waals surface area contributed by atoms with Crippen LogP contribution in [0.5, 0.6) is 0 Å². The van der Waals surface area contributed by atoms with Crippen molar-refractivity contribution in [3.63, 3.8) is 0 Å². The van der Waals surface area contributed by atoms with Crippen LogP contribution in [-0.2, 0) is 31.1 Å². The molecule has 70 heavy (non-hydrogen) atoms. The minimum absolute atomic E-state index is 0.154.